The highest BCUT2D eigenvalue weighted by Crippen LogP contribution is 2.10. The van der Waals surface area contributed by atoms with E-state index in [1.165, 1.54) is 44.9 Å². The molecule has 0 aromatic rings. The van der Waals surface area contributed by atoms with Crippen LogP contribution in [0.1, 0.15) is 78.1 Å². The molecule has 1 atom stereocenters. The standard InChI is InChI=1S/C15H27NO2/c1-3-4-5-6-7-8-9-10-11-12-15(17)18-14(2)13-16/h14H,3-12H2,1-2H3. The van der Waals surface area contributed by atoms with Crippen molar-refractivity contribution >= 4 is 5.97 Å². The Morgan fingerprint density at radius 3 is 2.06 bits per heavy atom. The Labute approximate surface area is 112 Å². The number of carbonyl (C=O) groups is 1. The van der Waals surface area contributed by atoms with Crippen LogP contribution in [-0.2, 0) is 9.53 Å². The van der Waals surface area contributed by atoms with Crippen LogP contribution in [0.5, 0.6) is 0 Å². The van der Waals surface area contributed by atoms with Crippen molar-refractivity contribution in [3.8, 4) is 6.07 Å². The smallest absolute Gasteiger partial charge is 0.307 e. The molecule has 0 aromatic carbocycles. The minimum atomic E-state index is -0.615. The lowest BCUT2D eigenvalue weighted by Crippen LogP contribution is -2.12. The monoisotopic (exact) mass is 253 g/mol. The van der Waals surface area contributed by atoms with Crippen molar-refractivity contribution < 1.29 is 9.53 Å². The fourth-order valence-electron chi connectivity index (χ4n) is 1.86. The first-order chi connectivity index (χ1) is 8.70. The average molecular weight is 253 g/mol. The van der Waals surface area contributed by atoms with Crippen LogP contribution in [0.2, 0.25) is 0 Å². The molecule has 0 aliphatic heterocycles. The molecule has 0 heterocycles. The largest absolute Gasteiger partial charge is 0.447 e. The first kappa shape index (κ1) is 17.0. The molecule has 18 heavy (non-hydrogen) atoms. The van der Waals surface area contributed by atoms with E-state index in [-0.39, 0.29) is 5.97 Å². The molecule has 1 unspecified atom stereocenters. The second-order valence-electron chi connectivity index (χ2n) is 4.84. The van der Waals surface area contributed by atoms with Gasteiger partial charge in [0.2, 0.25) is 0 Å². The number of nitriles is 1. The SMILES string of the molecule is CCCCCCCCCCCC(=O)OC(C)C#N. The molecule has 0 fully saturated rings. The Kier molecular flexibility index (Phi) is 11.7. The number of hydrogen-bond donors (Lipinski definition) is 0. The maximum absolute atomic E-state index is 11.2. The molecule has 0 saturated carbocycles. The van der Waals surface area contributed by atoms with Gasteiger partial charge < -0.3 is 4.74 Å². The van der Waals surface area contributed by atoms with Crippen molar-refractivity contribution in [1.29, 1.82) is 5.26 Å². The Bertz CT molecular complexity index is 245. The maximum atomic E-state index is 11.2. The molecule has 0 saturated heterocycles. The summed E-state index contributed by atoms with van der Waals surface area (Å²) in [5.74, 6) is -0.244. The van der Waals surface area contributed by atoms with Crippen LogP contribution in [0.3, 0.4) is 0 Å². The van der Waals surface area contributed by atoms with E-state index in [4.69, 9.17) is 10.00 Å². The van der Waals surface area contributed by atoms with Gasteiger partial charge in [0.25, 0.3) is 0 Å². The summed E-state index contributed by atoms with van der Waals surface area (Å²) < 4.78 is 4.87. The molecule has 3 heteroatoms. The van der Waals surface area contributed by atoms with Gasteiger partial charge in [-0.25, -0.2) is 0 Å². The van der Waals surface area contributed by atoms with Gasteiger partial charge in [0.15, 0.2) is 6.10 Å². The summed E-state index contributed by atoms with van der Waals surface area (Å²) in [4.78, 5) is 11.2. The summed E-state index contributed by atoms with van der Waals surface area (Å²) in [7, 11) is 0. The minimum Gasteiger partial charge on any atom is -0.447 e. The third kappa shape index (κ3) is 11.4. The van der Waals surface area contributed by atoms with E-state index in [0.29, 0.717) is 6.42 Å². The summed E-state index contributed by atoms with van der Waals surface area (Å²) in [5.41, 5.74) is 0. The van der Waals surface area contributed by atoms with Crippen LogP contribution >= 0.6 is 0 Å². The van der Waals surface area contributed by atoms with Crippen LogP contribution < -0.4 is 0 Å². The number of ether oxygens (including phenoxy) is 1. The molecule has 0 aliphatic rings. The van der Waals surface area contributed by atoms with Crippen molar-refractivity contribution in [1.82, 2.24) is 0 Å². The second-order valence-corrected chi connectivity index (χ2v) is 4.84. The van der Waals surface area contributed by atoms with Crippen LogP contribution in [-0.4, -0.2) is 12.1 Å². The molecule has 0 N–H and O–H groups in total. The topological polar surface area (TPSA) is 50.1 Å². The maximum Gasteiger partial charge on any atom is 0.307 e. The van der Waals surface area contributed by atoms with Gasteiger partial charge in [-0.05, 0) is 13.3 Å². The van der Waals surface area contributed by atoms with Gasteiger partial charge in [-0.1, -0.05) is 58.3 Å². The Balaban J connectivity index is 3.20. The van der Waals surface area contributed by atoms with Crippen LogP contribution in [0.25, 0.3) is 0 Å². The van der Waals surface area contributed by atoms with Crippen molar-refractivity contribution in [2.75, 3.05) is 0 Å². The van der Waals surface area contributed by atoms with Gasteiger partial charge in [0, 0.05) is 6.42 Å². The Hall–Kier alpha value is -1.04. The van der Waals surface area contributed by atoms with Crippen molar-refractivity contribution in [2.24, 2.45) is 0 Å². The number of unbranched alkanes of at least 4 members (excludes halogenated alkanes) is 8. The summed E-state index contributed by atoms with van der Waals surface area (Å²) in [6.07, 6.45) is 10.9. The van der Waals surface area contributed by atoms with Gasteiger partial charge in [0.1, 0.15) is 6.07 Å². The quantitative estimate of drug-likeness (QED) is 0.406. The van der Waals surface area contributed by atoms with E-state index in [1.807, 2.05) is 6.07 Å². The fourth-order valence-corrected chi connectivity index (χ4v) is 1.86. The van der Waals surface area contributed by atoms with E-state index in [9.17, 15) is 4.79 Å². The average Bonchev–Trinajstić information content (AvgIpc) is 2.36. The molecule has 0 amide bonds. The zero-order chi connectivity index (χ0) is 13.6. The molecule has 0 aliphatic carbocycles. The molecule has 0 spiro atoms. The van der Waals surface area contributed by atoms with Gasteiger partial charge in [-0.2, -0.15) is 5.26 Å². The summed E-state index contributed by atoms with van der Waals surface area (Å²) in [6.45, 7) is 3.82. The number of hydrogen-bond acceptors (Lipinski definition) is 3. The number of carbonyl (C=O) groups excluding carboxylic acids is 1. The van der Waals surface area contributed by atoms with Crippen molar-refractivity contribution in [3.63, 3.8) is 0 Å². The summed E-state index contributed by atoms with van der Waals surface area (Å²) in [6, 6.07) is 1.89. The van der Waals surface area contributed by atoms with Crippen molar-refractivity contribution in [2.45, 2.75) is 84.2 Å². The Morgan fingerprint density at radius 2 is 1.56 bits per heavy atom. The van der Waals surface area contributed by atoms with Crippen LogP contribution in [0, 0.1) is 11.3 Å². The van der Waals surface area contributed by atoms with Gasteiger partial charge >= 0.3 is 5.97 Å². The normalized spacial score (nSPS) is 11.8. The third-order valence-electron chi connectivity index (χ3n) is 2.97. The first-order valence-corrected chi connectivity index (χ1v) is 7.29. The minimum absolute atomic E-state index is 0.244. The zero-order valence-electron chi connectivity index (χ0n) is 11.9. The highest BCUT2D eigenvalue weighted by Gasteiger charge is 2.07. The van der Waals surface area contributed by atoms with E-state index < -0.39 is 6.10 Å². The highest BCUT2D eigenvalue weighted by atomic mass is 16.5. The lowest BCUT2D eigenvalue weighted by Gasteiger charge is -2.05. The van der Waals surface area contributed by atoms with E-state index >= 15 is 0 Å². The molecule has 0 rings (SSSR count). The predicted octanol–water partition coefficient (Wildman–Crippen LogP) is 4.36. The predicted molar refractivity (Wildman–Crippen MR) is 73.0 cm³/mol. The third-order valence-corrected chi connectivity index (χ3v) is 2.97. The van der Waals surface area contributed by atoms with Gasteiger partial charge in [-0.15, -0.1) is 0 Å². The molecule has 0 aromatic heterocycles. The van der Waals surface area contributed by atoms with Crippen LogP contribution in [0.15, 0.2) is 0 Å². The zero-order valence-corrected chi connectivity index (χ0v) is 11.9. The van der Waals surface area contributed by atoms with E-state index in [0.717, 1.165) is 12.8 Å². The molecule has 0 radical (unpaired) electrons. The lowest BCUT2D eigenvalue weighted by molar-refractivity contribution is -0.146. The Morgan fingerprint density at radius 1 is 1.06 bits per heavy atom. The first-order valence-electron chi connectivity index (χ1n) is 7.29. The highest BCUT2D eigenvalue weighted by molar-refractivity contribution is 5.69. The fraction of sp³-hybridized carbons (Fsp3) is 0.867. The number of esters is 1. The van der Waals surface area contributed by atoms with Crippen molar-refractivity contribution in [3.05, 3.63) is 0 Å². The van der Waals surface area contributed by atoms with Crippen LogP contribution in [0.4, 0.5) is 0 Å². The molecular formula is C15H27NO2. The van der Waals surface area contributed by atoms with E-state index in [2.05, 4.69) is 6.92 Å². The lowest BCUT2D eigenvalue weighted by atomic mass is 10.1. The molecule has 3 nitrogen and oxygen atoms in total. The van der Waals surface area contributed by atoms with Gasteiger partial charge in [-0.3, -0.25) is 4.79 Å². The molecule has 104 valence electrons. The number of nitrogens with zero attached hydrogens (tertiary/aromatic N) is 1. The summed E-state index contributed by atoms with van der Waals surface area (Å²) in [5, 5.41) is 8.49. The van der Waals surface area contributed by atoms with E-state index in [1.54, 1.807) is 6.92 Å². The molecular weight excluding hydrogens is 226 g/mol. The van der Waals surface area contributed by atoms with Gasteiger partial charge in [0.05, 0.1) is 0 Å². The summed E-state index contributed by atoms with van der Waals surface area (Å²) >= 11 is 0. The molecule has 0 bridgehead atoms. The second kappa shape index (κ2) is 12.4. The number of rotatable bonds is 11.